The van der Waals surface area contributed by atoms with E-state index in [1.165, 1.54) is 7.06 Å². The highest BCUT2D eigenvalue weighted by Gasteiger charge is 2.42. The molecule has 21 heavy (non-hydrogen) atoms. The minimum Gasteiger partial charge on any atom is -0.253 e. The molecule has 0 nitrogen and oxygen atoms in total. The van der Waals surface area contributed by atoms with Gasteiger partial charge in [-0.05, 0) is 0 Å². The Morgan fingerprint density at radius 2 is 0.810 bits per heavy atom. The summed E-state index contributed by atoms with van der Waals surface area (Å²) in [5.41, 5.74) is 0. The molecule has 0 rings (SSSR count). The summed E-state index contributed by atoms with van der Waals surface area (Å²) in [6.45, 7) is 0. The molecular formula is B20P. The number of hydrogen-bond donors (Lipinski definition) is 0. The van der Waals surface area contributed by atoms with Gasteiger partial charge in [-0.25, -0.2) is 0 Å². The van der Waals surface area contributed by atoms with Gasteiger partial charge in [0, 0.05) is 124 Å². The first-order valence-electron chi connectivity index (χ1n) is 6.44. The van der Waals surface area contributed by atoms with E-state index in [9.17, 15) is 0 Å². The van der Waals surface area contributed by atoms with E-state index < -0.39 is 58.1 Å². The van der Waals surface area contributed by atoms with E-state index in [1.807, 2.05) is 0 Å². The number of hydrogen-bond acceptors (Lipinski definition) is 0. The highest BCUT2D eigenvalue weighted by Crippen LogP contribution is 2.45. The van der Waals surface area contributed by atoms with Crippen molar-refractivity contribution in [3.8, 4) is 0 Å². The molecule has 0 aliphatic carbocycles. The average Bonchev–Trinajstić information content (AvgIpc) is 2.26. The average molecular weight is 247 g/mol. The van der Waals surface area contributed by atoms with Crippen molar-refractivity contribution in [1.82, 2.24) is 0 Å². The van der Waals surface area contributed by atoms with Gasteiger partial charge in [-0.1, -0.05) is 0 Å². The van der Waals surface area contributed by atoms with Crippen molar-refractivity contribution in [2.24, 2.45) is 0 Å². The van der Waals surface area contributed by atoms with Crippen molar-refractivity contribution < 1.29 is 0 Å². The molecule has 0 saturated carbocycles. The van der Waals surface area contributed by atoms with Crippen LogP contribution in [0, 0.1) is 0 Å². The van der Waals surface area contributed by atoms with Crippen LogP contribution in [-0.4, -0.2) is 143 Å². The highest BCUT2D eigenvalue weighted by atomic mass is 31.1. The minimum absolute atomic E-state index is 0.511. The second-order valence-electron chi connectivity index (χ2n) is 5.00. The topological polar surface area (TPSA) is 0 Å². The second-order valence-corrected chi connectivity index (χ2v) is 7.68. The maximum atomic E-state index is 5.80. The molecular weight excluding hydrogens is 247 g/mol. The third-order valence-electron chi connectivity index (χ3n) is 3.20. The van der Waals surface area contributed by atoms with Crippen molar-refractivity contribution >= 4 is 150 Å². The Hall–Kier alpha value is 1.73. The van der Waals surface area contributed by atoms with E-state index in [-0.39, 0.29) is 0 Å². The normalized spacial score (nSPS) is 9.57. The van der Waals surface area contributed by atoms with Crippen LogP contribution in [-0.2, 0) is 0 Å². The summed E-state index contributed by atoms with van der Waals surface area (Å²) in [4.78, 5) is 0. The molecule has 65 valence electrons. The zero-order valence-electron chi connectivity index (χ0n) is 12.0. The van der Waals surface area contributed by atoms with E-state index in [4.69, 9.17) is 85.1 Å². The molecule has 0 heterocycles. The Labute approximate surface area is 150 Å². The van der Waals surface area contributed by atoms with Gasteiger partial charge in [0.2, 0.25) is 0 Å². The molecule has 0 bridgehead atoms. The zero-order valence-corrected chi connectivity index (χ0v) is 12.9. The maximum Gasteiger partial charge on any atom is 0.0527 e. The van der Waals surface area contributed by atoms with Gasteiger partial charge in [-0.3, -0.25) is 7.56 Å². The minimum atomic E-state index is -1.38. The Balaban J connectivity index is 5.83. The van der Waals surface area contributed by atoms with Crippen LogP contribution in [0.3, 0.4) is 0 Å². The van der Waals surface area contributed by atoms with Crippen LogP contribution in [0.5, 0.6) is 0 Å². The summed E-state index contributed by atoms with van der Waals surface area (Å²) >= 11 is 0. The van der Waals surface area contributed by atoms with Gasteiger partial charge in [-0.15, -0.1) is 0 Å². The van der Waals surface area contributed by atoms with E-state index in [0.29, 0.717) is 0 Å². The van der Waals surface area contributed by atoms with E-state index in [2.05, 4.69) is 0 Å². The van der Waals surface area contributed by atoms with E-state index in [0.717, 1.165) is 0 Å². The summed E-state index contributed by atoms with van der Waals surface area (Å²) in [6.07, 6.45) is -5.86. The predicted octanol–water partition coefficient (Wildman–Crippen LogP) is -6.75. The maximum absolute atomic E-state index is 5.80. The Kier molecular flexibility index (Phi) is 11.4. The molecule has 0 atom stereocenters. The van der Waals surface area contributed by atoms with E-state index in [1.54, 1.807) is 0 Å². The van der Waals surface area contributed by atoms with Gasteiger partial charge >= 0.3 is 0 Å². The fraction of sp³-hybridized carbons (Fsp3) is 0. The van der Waals surface area contributed by atoms with Gasteiger partial charge in [-0.2, -0.15) is 0 Å². The van der Waals surface area contributed by atoms with Crippen LogP contribution < -0.4 is 0 Å². The van der Waals surface area contributed by atoms with Gasteiger partial charge in [0.25, 0.3) is 0 Å². The van der Waals surface area contributed by atoms with Crippen molar-refractivity contribution in [3.63, 3.8) is 0 Å². The summed E-state index contributed by atoms with van der Waals surface area (Å²) in [5.74, 6) is 0. The lowest BCUT2D eigenvalue weighted by Crippen LogP contribution is -2.64. The fourth-order valence-electron chi connectivity index (χ4n) is 2.33. The molecule has 0 aliphatic rings. The first kappa shape index (κ1) is 22.7. The molecule has 0 aromatic heterocycles. The molecule has 0 saturated heterocycles. The third-order valence-corrected chi connectivity index (χ3v) is 7.16. The van der Waals surface area contributed by atoms with Crippen LogP contribution in [0.4, 0.5) is 0 Å². The Morgan fingerprint density at radius 1 is 0.524 bits per heavy atom. The lowest BCUT2D eigenvalue weighted by molar-refractivity contribution is 3.49. The predicted molar refractivity (Wildman–Crippen MR) is 122 cm³/mol. The first-order chi connectivity index (χ1) is 9.56. The summed E-state index contributed by atoms with van der Waals surface area (Å²) < 4.78 is 0. The molecule has 23 radical (unpaired) electrons. The lowest BCUT2D eigenvalue weighted by atomic mass is 8.79. The molecule has 0 aliphatic heterocycles. The van der Waals surface area contributed by atoms with Crippen LogP contribution in [0.1, 0.15) is 0 Å². The summed E-state index contributed by atoms with van der Waals surface area (Å²) in [7, 11) is 63.6. The van der Waals surface area contributed by atoms with Gasteiger partial charge < -0.3 is 0 Å². The van der Waals surface area contributed by atoms with Crippen LogP contribution in [0.25, 0.3) is 0 Å². The quantitative estimate of drug-likeness (QED) is 0.281. The third kappa shape index (κ3) is 6.63. The molecule has 0 fully saturated rings. The van der Waals surface area contributed by atoms with Crippen molar-refractivity contribution in [2.45, 2.75) is 0 Å². The molecule has 0 aromatic rings. The fourth-order valence-corrected chi connectivity index (χ4v) is 5.71. The van der Waals surface area contributed by atoms with Crippen LogP contribution >= 0.6 is 7.56 Å². The summed E-state index contributed by atoms with van der Waals surface area (Å²) in [5, 5.41) is 0. The second kappa shape index (κ2) is 10.6. The van der Waals surface area contributed by atoms with Crippen molar-refractivity contribution in [3.05, 3.63) is 0 Å². The smallest absolute Gasteiger partial charge is 0.0527 e. The summed E-state index contributed by atoms with van der Waals surface area (Å²) in [6, 6.07) is 0. The van der Waals surface area contributed by atoms with Crippen LogP contribution in [0.2, 0.25) is 0 Å². The zero-order chi connectivity index (χ0) is 16.9. The molecule has 21 heteroatoms. The standard InChI is InChI=1S/B20P/c1-12-18(13(2)3)21(19(14(4)5)15(6)7)20(16(8)9)17(10)11. The SMILES string of the molecule is [B][B]B(B([B])[B])P(B(B([B])[B])B([B])[B])B(B([B])[B])B([B])[B]. The van der Waals surface area contributed by atoms with Crippen molar-refractivity contribution in [1.29, 1.82) is 0 Å². The number of rotatable bonds is 9. The largest absolute Gasteiger partial charge is 0.253 e. The highest BCUT2D eigenvalue weighted by molar-refractivity contribution is 8.55. The first-order valence-corrected chi connectivity index (χ1v) is 7.99. The molecule has 0 aromatic carbocycles. The van der Waals surface area contributed by atoms with E-state index >= 15 is 0 Å². The van der Waals surface area contributed by atoms with Gasteiger partial charge in [0.1, 0.15) is 0 Å². The molecule has 0 amide bonds. The van der Waals surface area contributed by atoms with Crippen molar-refractivity contribution in [2.75, 3.05) is 0 Å². The van der Waals surface area contributed by atoms with Gasteiger partial charge in [0.05, 0.1) is 18.6 Å². The Morgan fingerprint density at radius 3 is 0.952 bits per heavy atom. The molecule has 0 N–H and O–H groups in total. The Bertz CT molecular complexity index is 229. The lowest BCUT2D eigenvalue weighted by Gasteiger charge is -2.46. The molecule has 0 spiro atoms. The monoisotopic (exact) mass is 251 g/mol. The molecule has 0 unspecified atom stereocenters. The van der Waals surface area contributed by atoms with Gasteiger partial charge in [0.15, 0.2) is 0 Å². The van der Waals surface area contributed by atoms with Crippen LogP contribution in [0.15, 0.2) is 0 Å².